The number of nitrogens with one attached hydrogen (secondary N) is 1. The summed E-state index contributed by atoms with van der Waals surface area (Å²) in [5.41, 5.74) is 0.545. The molecule has 1 unspecified atom stereocenters. The van der Waals surface area contributed by atoms with Crippen molar-refractivity contribution >= 4 is 12.4 Å². The minimum atomic E-state index is 0. The smallest absolute Gasteiger partial charge is 0.161 e. The van der Waals surface area contributed by atoms with Crippen molar-refractivity contribution in [1.29, 1.82) is 0 Å². The van der Waals surface area contributed by atoms with Crippen molar-refractivity contribution in [3.05, 3.63) is 24.3 Å². The number of nitrogens with zero attached hydrogens (tertiary/aromatic N) is 1. The van der Waals surface area contributed by atoms with Gasteiger partial charge in [0, 0.05) is 19.6 Å². The molecule has 1 atom stereocenters. The van der Waals surface area contributed by atoms with Crippen molar-refractivity contribution < 1.29 is 9.47 Å². The summed E-state index contributed by atoms with van der Waals surface area (Å²) in [6, 6.07) is 7.92. The van der Waals surface area contributed by atoms with Gasteiger partial charge in [0.15, 0.2) is 11.5 Å². The largest absolute Gasteiger partial charge is 0.490 e. The molecule has 2 heterocycles. The standard InChI is InChI=1S/C17H26N2O2.ClH/c1-2-20-15-5-3-4-6-16(15)21-12-11-19-10-8-17(14-19)7-9-18-13-17;/h3-6,18H,2,7-14H2,1H3;1H. The maximum Gasteiger partial charge on any atom is 0.161 e. The van der Waals surface area contributed by atoms with E-state index < -0.39 is 0 Å². The Morgan fingerprint density at radius 3 is 2.64 bits per heavy atom. The molecule has 0 radical (unpaired) electrons. The van der Waals surface area contributed by atoms with Crippen molar-refractivity contribution in [1.82, 2.24) is 10.2 Å². The molecule has 5 heteroatoms. The Morgan fingerprint density at radius 2 is 1.95 bits per heavy atom. The third-order valence-electron chi connectivity index (χ3n) is 4.66. The van der Waals surface area contributed by atoms with E-state index in [4.69, 9.17) is 9.47 Å². The van der Waals surface area contributed by atoms with E-state index in [1.54, 1.807) is 0 Å². The average Bonchev–Trinajstić information content (AvgIpc) is 3.12. The third-order valence-corrected chi connectivity index (χ3v) is 4.66. The molecule has 2 saturated heterocycles. The molecule has 22 heavy (non-hydrogen) atoms. The van der Waals surface area contributed by atoms with E-state index >= 15 is 0 Å². The first kappa shape index (κ1) is 17.4. The van der Waals surface area contributed by atoms with E-state index in [0.29, 0.717) is 12.0 Å². The summed E-state index contributed by atoms with van der Waals surface area (Å²) in [4.78, 5) is 2.54. The average molecular weight is 327 g/mol. The normalized spacial score (nSPS) is 24.4. The Hall–Kier alpha value is -0.970. The summed E-state index contributed by atoms with van der Waals surface area (Å²) in [5.74, 6) is 1.70. The molecule has 0 amide bonds. The lowest BCUT2D eigenvalue weighted by atomic mass is 9.87. The van der Waals surface area contributed by atoms with E-state index in [1.807, 2.05) is 31.2 Å². The van der Waals surface area contributed by atoms with Gasteiger partial charge in [-0.05, 0) is 50.4 Å². The molecule has 1 N–H and O–H groups in total. The summed E-state index contributed by atoms with van der Waals surface area (Å²) in [6.07, 6.45) is 2.66. The highest BCUT2D eigenvalue weighted by Gasteiger charge is 2.39. The second-order valence-electron chi connectivity index (χ2n) is 6.18. The number of hydrogen-bond acceptors (Lipinski definition) is 4. The Bertz CT molecular complexity index is 464. The van der Waals surface area contributed by atoms with Crippen LogP contribution in [0.25, 0.3) is 0 Å². The van der Waals surface area contributed by atoms with E-state index in [1.165, 1.54) is 39.0 Å². The SMILES string of the molecule is CCOc1ccccc1OCCN1CCC2(CCNC2)C1.Cl. The molecule has 1 aromatic rings. The van der Waals surface area contributed by atoms with Crippen LogP contribution in [0, 0.1) is 5.41 Å². The van der Waals surface area contributed by atoms with Crippen LogP contribution in [0.4, 0.5) is 0 Å². The summed E-state index contributed by atoms with van der Waals surface area (Å²) in [7, 11) is 0. The minimum absolute atomic E-state index is 0. The van der Waals surface area contributed by atoms with E-state index in [-0.39, 0.29) is 12.4 Å². The monoisotopic (exact) mass is 326 g/mol. The third kappa shape index (κ3) is 4.06. The van der Waals surface area contributed by atoms with Crippen LogP contribution >= 0.6 is 12.4 Å². The molecule has 4 nitrogen and oxygen atoms in total. The van der Waals surface area contributed by atoms with Gasteiger partial charge in [-0.1, -0.05) is 12.1 Å². The number of para-hydroxylation sites is 2. The zero-order valence-corrected chi connectivity index (χ0v) is 14.2. The summed E-state index contributed by atoms with van der Waals surface area (Å²) in [6.45, 7) is 9.20. The maximum atomic E-state index is 5.92. The fourth-order valence-corrected chi connectivity index (χ4v) is 3.49. The number of rotatable bonds is 6. The van der Waals surface area contributed by atoms with Crippen molar-refractivity contribution in [2.24, 2.45) is 5.41 Å². The molecule has 0 saturated carbocycles. The quantitative estimate of drug-likeness (QED) is 0.871. The minimum Gasteiger partial charge on any atom is -0.490 e. The number of likely N-dealkylation sites (tertiary alicyclic amines) is 1. The highest BCUT2D eigenvalue weighted by atomic mass is 35.5. The van der Waals surface area contributed by atoms with Crippen molar-refractivity contribution in [3.63, 3.8) is 0 Å². The molecule has 2 aliphatic heterocycles. The lowest BCUT2D eigenvalue weighted by Crippen LogP contribution is -2.31. The summed E-state index contributed by atoms with van der Waals surface area (Å²) < 4.78 is 11.5. The van der Waals surface area contributed by atoms with Crippen LogP contribution < -0.4 is 14.8 Å². The molecule has 124 valence electrons. The molecule has 2 aliphatic rings. The van der Waals surface area contributed by atoms with Crippen molar-refractivity contribution in [2.75, 3.05) is 45.9 Å². The van der Waals surface area contributed by atoms with E-state index in [9.17, 15) is 0 Å². The van der Waals surface area contributed by atoms with Gasteiger partial charge in [-0.15, -0.1) is 12.4 Å². The van der Waals surface area contributed by atoms with Gasteiger partial charge in [0.25, 0.3) is 0 Å². The fraction of sp³-hybridized carbons (Fsp3) is 0.647. The molecule has 0 aromatic heterocycles. The Morgan fingerprint density at radius 1 is 1.18 bits per heavy atom. The predicted molar refractivity (Wildman–Crippen MR) is 91.3 cm³/mol. The van der Waals surface area contributed by atoms with Crippen molar-refractivity contribution in [3.8, 4) is 11.5 Å². The number of halogens is 1. The fourth-order valence-electron chi connectivity index (χ4n) is 3.49. The van der Waals surface area contributed by atoms with Gasteiger partial charge >= 0.3 is 0 Å². The van der Waals surface area contributed by atoms with Gasteiger partial charge in [-0.3, -0.25) is 4.90 Å². The van der Waals surface area contributed by atoms with Gasteiger partial charge < -0.3 is 14.8 Å². The van der Waals surface area contributed by atoms with Gasteiger partial charge in [0.1, 0.15) is 6.61 Å². The molecule has 3 rings (SSSR count). The van der Waals surface area contributed by atoms with Gasteiger partial charge in [-0.25, -0.2) is 0 Å². The van der Waals surface area contributed by atoms with Gasteiger partial charge in [-0.2, -0.15) is 0 Å². The first-order valence-corrected chi connectivity index (χ1v) is 8.09. The molecule has 1 aromatic carbocycles. The van der Waals surface area contributed by atoms with Crippen LogP contribution in [-0.4, -0.2) is 50.8 Å². The van der Waals surface area contributed by atoms with Crippen molar-refractivity contribution in [2.45, 2.75) is 19.8 Å². The highest BCUT2D eigenvalue weighted by Crippen LogP contribution is 2.35. The number of ether oxygens (including phenoxy) is 2. The highest BCUT2D eigenvalue weighted by molar-refractivity contribution is 5.85. The molecule has 2 fully saturated rings. The van der Waals surface area contributed by atoms with Crippen LogP contribution in [-0.2, 0) is 0 Å². The Labute approximate surface area is 139 Å². The molecule has 0 aliphatic carbocycles. The van der Waals surface area contributed by atoms with Gasteiger partial charge in [0.05, 0.1) is 6.61 Å². The van der Waals surface area contributed by atoms with E-state index in [0.717, 1.165) is 24.7 Å². The van der Waals surface area contributed by atoms with Crippen LogP contribution in [0.3, 0.4) is 0 Å². The molecular formula is C17H27ClN2O2. The summed E-state index contributed by atoms with van der Waals surface area (Å²) in [5, 5.41) is 3.50. The second kappa shape index (κ2) is 8.04. The van der Waals surface area contributed by atoms with Crippen LogP contribution in [0.5, 0.6) is 11.5 Å². The molecule has 1 spiro atoms. The number of benzene rings is 1. The molecular weight excluding hydrogens is 300 g/mol. The Kier molecular flexibility index (Phi) is 6.36. The van der Waals surface area contributed by atoms with E-state index in [2.05, 4.69) is 10.2 Å². The summed E-state index contributed by atoms with van der Waals surface area (Å²) >= 11 is 0. The van der Waals surface area contributed by atoms with Gasteiger partial charge in [0.2, 0.25) is 0 Å². The zero-order chi connectivity index (χ0) is 14.5. The van der Waals surface area contributed by atoms with Crippen LogP contribution in [0.1, 0.15) is 19.8 Å². The predicted octanol–water partition coefficient (Wildman–Crippen LogP) is 2.57. The lowest BCUT2D eigenvalue weighted by molar-refractivity contribution is 0.210. The maximum absolute atomic E-state index is 5.92. The van der Waals surface area contributed by atoms with Crippen LogP contribution in [0.15, 0.2) is 24.3 Å². The lowest BCUT2D eigenvalue weighted by Gasteiger charge is -2.23. The molecule has 0 bridgehead atoms. The first-order chi connectivity index (χ1) is 10.3. The van der Waals surface area contributed by atoms with Crippen LogP contribution in [0.2, 0.25) is 0 Å². The Balaban J connectivity index is 0.00000176. The first-order valence-electron chi connectivity index (χ1n) is 8.09. The second-order valence-corrected chi connectivity index (χ2v) is 6.18. The zero-order valence-electron chi connectivity index (χ0n) is 13.3. The topological polar surface area (TPSA) is 33.7 Å². The number of hydrogen-bond donors (Lipinski definition) is 1.